The average Bonchev–Trinajstić information content (AvgIpc) is 2.97. The molecule has 2 N–H and O–H groups in total. The monoisotopic (exact) mass is 527 g/mol. The van der Waals surface area contributed by atoms with Crippen molar-refractivity contribution >= 4 is 23.3 Å². The van der Waals surface area contributed by atoms with E-state index >= 15 is 0 Å². The molecule has 0 amide bonds. The number of carbonyl (C=O) groups excluding carboxylic acids is 1. The summed E-state index contributed by atoms with van der Waals surface area (Å²) in [4.78, 5) is 15.3. The summed E-state index contributed by atoms with van der Waals surface area (Å²) in [5.74, 6) is 0.719. The number of ether oxygens (including phenoxy) is 2. The summed E-state index contributed by atoms with van der Waals surface area (Å²) in [5.41, 5.74) is 3.14. The molecule has 2 aromatic rings. The quantitative estimate of drug-likeness (QED) is 0.524. The van der Waals surface area contributed by atoms with Crippen LogP contribution in [0.15, 0.2) is 36.4 Å². The second-order valence-electron chi connectivity index (χ2n) is 12.0. The van der Waals surface area contributed by atoms with Gasteiger partial charge in [-0.05, 0) is 106 Å². The van der Waals surface area contributed by atoms with E-state index in [1.807, 2.05) is 39.0 Å². The van der Waals surface area contributed by atoms with Crippen molar-refractivity contribution in [3.63, 3.8) is 0 Å². The normalized spacial score (nSPS) is 25.8. The molecule has 5 rings (SSSR count). The van der Waals surface area contributed by atoms with Crippen LogP contribution in [-0.2, 0) is 16.6 Å². The van der Waals surface area contributed by atoms with Gasteiger partial charge >= 0.3 is 5.97 Å². The smallest absolute Gasteiger partial charge is 0.338 e. The average molecular weight is 528 g/mol. The van der Waals surface area contributed by atoms with Crippen LogP contribution in [0.3, 0.4) is 0 Å². The zero-order valence-corrected chi connectivity index (χ0v) is 22.8. The fourth-order valence-corrected chi connectivity index (χ4v) is 6.52. The molecule has 0 saturated heterocycles. The Bertz CT molecular complexity index is 1160. The largest absolute Gasteiger partial charge is 0.490 e. The van der Waals surface area contributed by atoms with Gasteiger partial charge in [-0.25, -0.2) is 4.79 Å². The van der Waals surface area contributed by atoms with Crippen LogP contribution in [0.25, 0.3) is 0 Å². The lowest BCUT2D eigenvalue weighted by atomic mass is 9.68. The number of hydrogen-bond acceptors (Lipinski definition) is 6. The highest BCUT2D eigenvalue weighted by molar-refractivity contribution is 6.30. The van der Waals surface area contributed by atoms with Gasteiger partial charge in [0.25, 0.3) is 0 Å². The summed E-state index contributed by atoms with van der Waals surface area (Å²) in [7, 11) is 0. The number of halogens is 1. The van der Waals surface area contributed by atoms with E-state index < -0.39 is 11.7 Å². The highest BCUT2D eigenvalue weighted by Crippen LogP contribution is 2.46. The Morgan fingerprint density at radius 2 is 2.05 bits per heavy atom. The van der Waals surface area contributed by atoms with Gasteiger partial charge in [-0.3, -0.25) is 0 Å². The standard InChI is InChI=1S/C30H38ClNO5/c1-29(2,3)37-28(35)20-7-11-27-25(14-20)32(15-21-6-9-23(21)26(34)16-33)17-30(18-36-27)12-4-5-19-13-22(31)8-10-24(19)30/h7-8,10-11,13-14,21,23,26,33-34H,4-6,9,12,15-18H2,1-3H3/t21-,23+,26-,30?/m0/s1. The summed E-state index contributed by atoms with van der Waals surface area (Å²) in [6.45, 7) is 7.38. The van der Waals surface area contributed by atoms with E-state index in [0.29, 0.717) is 12.2 Å². The molecule has 0 aromatic heterocycles. The van der Waals surface area contributed by atoms with Crippen LogP contribution in [0, 0.1) is 11.8 Å². The molecule has 0 radical (unpaired) electrons. The van der Waals surface area contributed by atoms with Crippen molar-refractivity contribution in [3.8, 4) is 5.75 Å². The third-order valence-corrected chi connectivity index (χ3v) is 8.52. The number of anilines is 1. The van der Waals surface area contributed by atoms with Gasteiger partial charge < -0.3 is 24.6 Å². The van der Waals surface area contributed by atoms with Gasteiger partial charge in [0.15, 0.2) is 0 Å². The molecule has 1 aliphatic heterocycles. The molecule has 1 unspecified atom stereocenters. The number of aliphatic hydroxyl groups excluding tert-OH is 2. The molecule has 37 heavy (non-hydrogen) atoms. The molecule has 2 aliphatic carbocycles. The minimum atomic E-state index is -0.707. The molecule has 7 heteroatoms. The molecule has 4 atom stereocenters. The van der Waals surface area contributed by atoms with Crippen LogP contribution < -0.4 is 9.64 Å². The second-order valence-corrected chi connectivity index (χ2v) is 12.5. The molecular formula is C30H38ClNO5. The first-order valence-corrected chi connectivity index (χ1v) is 13.8. The minimum Gasteiger partial charge on any atom is -0.490 e. The first kappa shape index (κ1) is 26.3. The number of esters is 1. The van der Waals surface area contributed by atoms with Crippen molar-refractivity contribution < 1.29 is 24.5 Å². The number of hydrogen-bond donors (Lipinski definition) is 2. The van der Waals surface area contributed by atoms with Crippen molar-refractivity contribution in [3.05, 3.63) is 58.1 Å². The minimum absolute atomic E-state index is 0.0695. The lowest BCUT2D eigenvalue weighted by molar-refractivity contribution is -0.0183. The molecule has 1 saturated carbocycles. The Balaban J connectivity index is 1.53. The van der Waals surface area contributed by atoms with E-state index in [0.717, 1.165) is 61.7 Å². The number of benzene rings is 2. The summed E-state index contributed by atoms with van der Waals surface area (Å²) in [5, 5.41) is 20.7. The van der Waals surface area contributed by atoms with Crippen LogP contribution in [0.2, 0.25) is 5.02 Å². The zero-order chi connectivity index (χ0) is 26.4. The summed E-state index contributed by atoms with van der Waals surface area (Å²) >= 11 is 6.36. The van der Waals surface area contributed by atoms with E-state index in [4.69, 9.17) is 21.1 Å². The summed E-state index contributed by atoms with van der Waals surface area (Å²) in [6, 6.07) is 11.8. The first-order chi connectivity index (χ1) is 17.6. The van der Waals surface area contributed by atoms with Crippen LogP contribution >= 0.6 is 11.6 Å². The third-order valence-electron chi connectivity index (χ3n) is 8.28. The van der Waals surface area contributed by atoms with E-state index in [9.17, 15) is 15.0 Å². The van der Waals surface area contributed by atoms with E-state index in [1.54, 1.807) is 6.07 Å². The fraction of sp³-hybridized carbons (Fsp3) is 0.567. The number of aryl methyl sites for hydroxylation is 1. The van der Waals surface area contributed by atoms with Gasteiger partial charge in [0.05, 0.1) is 30.6 Å². The number of rotatable bonds is 5. The maximum atomic E-state index is 12.9. The highest BCUT2D eigenvalue weighted by atomic mass is 35.5. The summed E-state index contributed by atoms with van der Waals surface area (Å²) < 4.78 is 12.2. The van der Waals surface area contributed by atoms with Gasteiger partial charge in [0, 0.05) is 23.5 Å². The highest BCUT2D eigenvalue weighted by Gasteiger charge is 2.44. The predicted octanol–water partition coefficient (Wildman–Crippen LogP) is 5.15. The molecular weight excluding hydrogens is 490 g/mol. The SMILES string of the molecule is CC(C)(C)OC(=O)c1ccc2c(c1)N(C[C@@H]1CC[C@H]1[C@@H](O)CO)CC1(CCCc3cc(Cl)ccc31)CO2. The molecule has 1 spiro atoms. The third kappa shape index (κ3) is 5.34. The van der Waals surface area contributed by atoms with Crippen LogP contribution in [0.1, 0.15) is 67.9 Å². The van der Waals surface area contributed by atoms with Crippen LogP contribution in [0.5, 0.6) is 5.75 Å². The molecule has 1 fully saturated rings. The van der Waals surface area contributed by atoms with Crippen molar-refractivity contribution in [1.29, 1.82) is 0 Å². The summed E-state index contributed by atoms with van der Waals surface area (Å²) in [6.07, 6.45) is 4.26. The van der Waals surface area contributed by atoms with E-state index in [-0.39, 0.29) is 29.8 Å². The Morgan fingerprint density at radius 3 is 2.76 bits per heavy atom. The van der Waals surface area contributed by atoms with Crippen LogP contribution in [0.4, 0.5) is 5.69 Å². The molecule has 0 bridgehead atoms. The Labute approximate surface area is 224 Å². The van der Waals surface area contributed by atoms with E-state index in [2.05, 4.69) is 17.0 Å². The van der Waals surface area contributed by atoms with Gasteiger partial charge in [0.2, 0.25) is 0 Å². The fourth-order valence-electron chi connectivity index (χ4n) is 6.32. The molecule has 2 aromatic carbocycles. The Kier molecular flexibility index (Phi) is 7.20. The van der Waals surface area contributed by atoms with E-state index in [1.165, 1.54) is 11.1 Å². The van der Waals surface area contributed by atoms with Crippen LogP contribution in [-0.4, -0.2) is 54.2 Å². The van der Waals surface area contributed by atoms with Crippen molar-refractivity contribution in [1.82, 2.24) is 0 Å². The molecule has 200 valence electrons. The van der Waals surface area contributed by atoms with Gasteiger partial charge in [0.1, 0.15) is 11.4 Å². The predicted molar refractivity (Wildman–Crippen MR) is 145 cm³/mol. The Hall–Kier alpha value is -2.28. The molecule has 6 nitrogen and oxygen atoms in total. The lowest BCUT2D eigenvalue weighted by Crippen LogP contribution is -2.50. The van der Waals surface area contributed by atoms with Crippen molar-refractivity contribution in [2.45, 2.75) is 70.0 Å². The zero-order valence-electron chi connectivity index (χ0n) is 22.0. The van der Waals surface area contributed by atoms with Crippen molar-refractivity contribution in [2.75, 3.05) is 31.2 Å². The van der Waals surface area contributed by atoms with Gasteiger partial charge in [-0.1, -0.05) is 17.7 Å². The number of carbonyl (C=O) groups is 1. The molecule has 1 heterocycles. The maximum Gasteiger partial charge on any atom is 0.338 e. The molecule has 3 aliphatic rings. The lowest BCUT2D eigenvalue weighted by Gasteiger charge is -2.45. The maximum absolute atomic E-state index is 12.9. The number of fused-ring (bicyclic) bond motifs is 3. The van der Waals surface area contributed by atoms with Gasteiger partial charge in [-0.2, -0.15) is 0 Å². The second kappa shape index (κ2) is 10.1. The van der Waals surface area contributed by atoms with Gasteiger partial charge in [-0.15, -0.1) is 0 Å². The topological polar surface area (TPSA) is 79.2 Å². The Morgan fingerprint density at radius 1 is 1.24 bits per heavy atom. The first-order valence-electron chi connectivity index (χ1n) is 13.4. The van der Waals surface area contributed by atoms with Crippen molar-refractivity contribution in [2.24, 2.45) is 11.8 Å². The number of aliphatic hydroxyl groups is 2. The number of nitrogens with zero attached hydrogens (tertiary/aromatic N) is 1.